The van der Waals surface area contributed by atoms with Crippen LogP contribution in [0.4, 0.5) is 0 Å². The Morgan fingerprint density at radius 2 is 1.68 bits per heavy atom. The lowest BCUT2D eigenvalue weighted by atomic mass is 10.1. The van der Waals surface area contributed by atoms with Crippen LogP contribution in [0.15, 0.2) is 26.7 Å². The topological polar surface area (TPSA) is 67.4 Å². The molecule has 8 heteroatoms. The molecule has 0 unspecified atom stereocenters. The van der Waals surface area contributed by atoms with Gasteiger partial charge >= 0.3 is 0 Å². The molecule has 134 valence electrons. The Bertz CT molecular complexity index is 690. The lowest BCUT2D eigenvalue weighted by Crippen LogP contribution is -2.51. The summed E-state index contributed by atoms with van der Waals surface area (Å²) in [5.74, 6) is -0.327. The molecule has 0 aliphatic carbocycles. The van der Waals surface area contributed by atoms with Crippen LogP contribution in [0.3, 0.4) is 0 Å². The van der Waals surface area contributed by atoms with E-state index < -0.39 is 11.8 Å². The molecule has 0 atom stereocenters. The molecule has 0 saturated carbocycles. The van der Waals surface area contributed by atoms with Crippen molar-refractivity contribution in [3.05, 3.63) is 32.2 Å². The van der Waals surface area contributed by atoms with E-state index in [0.717, 1.165) is 21.8 Å². The first-order chi connectivity index (χ1) is 11.9. The smallest absolute Gasteiger partial charge is 0.263 e. The third-order valence-electron chi connectivity index (χ3n) is 3.52. The largest absolute Gasteiger partial charge is 0.491 e. The van der Waals surface area contributed by atoms with Gasteiger partial charge in [-0.05, 0) is 74.3 Å². The van der Waals surface area contributed by atoms with Crippen molar-refractivity contribution in [3.63, 3.8) is 0 Å². The monoisotopic (exact) mass is 488 g/mol. The van der Waals surface area contributed by atoms with Crippen molar-refractivity contribution in [1.29, 1.82) is 0 Å². The average molecular weight is 490 g/mol. The zero-order valence-corrected chi connectivity index (χ0v) is 17.6. The maximum Gasteiger partial charge on any atom is 0.263 e. The van der Waals surface area contributed by atoms with Crippen LogP contribution in [-0.2, 0) is 9.59 Å². The summed E-state index contributed by atoms with van der Waals surface area (Å²) >= 11 is 11.7. The van der Waals surface area contributed by atoms with Crippen molar-refractivity contribution < 1.29 is 14.3 Å². The molecular weight excluding hydrogens is 472 g/mol. The summed E-state index contributed by atoms with van der Waals surface area (Å²) in [6.07, 6.45) is 6.03. The molecule has 1 aromatic rings. The van der Waals surface area contributed by atoms with E-state index in [1.54, 1.807) is 12.1 Å². The van der Waals surface area contributed by atoms with Crippen LogP contribution in [0.2, 0.25) is 0 Å². The van der Waals surface area contributed by atoms with Crippen LogP contribution in [0.1, 0.15) is 38.2 Å². The van der Waals surface area contributed by atoms with E-state index in [-0.39, 0.29) is 10.7 Å². The lowest BCUT2D eigenvalue weighted by Gasteiger charge is -2.16. The van der Waals surface area contributed by atoms with Gasteiger partial charge in [-0.1, -0.05) is 26.2 Å². The molecule has 0 spiro atoms. The van der Waals surface area contributed by atoms with Gasteiger partial charge in [-0.2, -0.15) is 0 Å². The number of carbonyl (C=O) groups is 2. The second-order valence-corrected chi connectivity index (χ2v) is 7.64. The molecule has 25 heavy (non-hydrogen) atoms. The molecule has 1 saturated heterocycles. The third kappa shape index (κ3) is 5.62. The van der Waals surface area contributed by atoms with Crippen molar-refractivity contribution in [2.45, 2.75) is 32.6 Å². The number of unbranched alkanes of at least 4 members (excludes halogenated alkanes) is 3. The lowest BCUT2D eigenvalue weighted by molar-refractivity contribution is -0.123. The first-order valence-corrected chi connectivity index (χ1v) is 9.92. The summed E-state index contributed by atoms with van der Waals surface area (Å²) in [5.41, 5.74) is 0.686. The standard InChI is InChI=1S/C17H18Br2N2O3S/c1-2-3-4-5-6-24-14-12(18)8-10(9-13(14)19)7-11-15(22)20-17(25)21-16(11)23/h7-9H,2-6H2,1H3,(H2,20,21,22,23,25). The number of amides is 2. The van der Waals surface area contributed by atoms with Crippen molar-refractivity contribution in [2.24, 2.45) is 0 Å². The summed E-state index contributed by atoms with van der Waals surface area (Å²) in [6.45, 7) is 2.81. The number of thiocarbonyl (C=S) groups is 1. The highest BCUT2D eigenvalue weighted by atomic mass is 79.9. The van der Waals surface area contributed by atoms with Gasteiger partial charge in [0.2, 0.25) is 0 Å². The van der Waals surface area contributed by atoms with Gasteiger partial charge in [0.25, 0.3) is 11.8 Å². The van der Waals surface area contributed by atoms with E-state index in [1.807, 2.05) is 0 Å². The molecule has 0 aromatic heterocycles. The molecule has 1 heterocycles. The fourth-order valence-electron chi connectivity index (χ4n) is 2.28. The van der Waals surface area contributed by atoms with Gasteiger partial charge in [-0.25, -0.2) is 0 Å². The highest BCUT2D eigenvalue weighted by molar-refractivity contribution is 9.11. The first-order valence-electron chi connectivity index (χ1n) is 7.92. The predicted molar refractivity (Wildman–Crippen MR) is 108 cm³/mol. The summed E-state index contributed by atoms with van der Waals surface area (Å²) in [7, 11) is 0. The van der Waals surface area contributed by atoms with E-state index in [1.165, 1.54) is 18.9 Å². The summed E-state index contributed by atoms with van der Waals surface area (Å²) in [6, 6.07) is 3.60. The van der Waals surface area contributed by atoms with Gasteiger partial charge in [0.05, 0.1) is 15.6 Å². The summed E-state index contributed by atoms with van der Waals surface area (Å²) in [4.78, 5) is 23.8. The van der Waals surface area contributed by atoms with E-state index in [9.17, 15) is 9.59 Å². The molecule has 0 bridgehead atoms. The van der Waals surface area contributed by atoms with Crippen LogP contribution in [0.5, 0.6) is 5.75 Å². The molecule has 5 nitrogen and oxygen atoms in total. The SMILES string of the molecule is CCCCCCOc1c(Br)cc(C=C2C(=O)NC(=S)NC2=O)cc1Br. The van der Waals surface area contributed by atoms with Gasteiger partial charge in [-0.15, -0.1) is 0 Å². The minimum Gasteiger partial charge on any atom is -0.491 e. The fourth-order valence-corrected chi connectivity index (χ4v) is 3.91. The number of benzene rings is 1. The maximum atomic E-state index is 11.9. The second-order valence-electron chi connectivity index (χ2n) is 5.52. The average Bonchev–Trinajstić information content (AvgIpc) is 2.53. The fraction of sp³-hybridized carbons (Fsp3) is 0.353. The van der Waals surface area contributed by atoms with E-state index in [4.69, 9.17) is 17.0 Å². The van der Waals surface area contributed by atoms with E-state index in [2.05, 4.69) is 49.4 Å². The number of carbonyl (C=O) groups excluding carboxylic acids is 2. The Morgan fingerprint density at radius 3 is 2.24 bits per heavy atom. The number of hydrogen-bond donors (Lipinski definition) is 2. The molecule has 0 radical (unpaired) electrons. The summed E-state index contributed by atoms with van der Waals surface area (Å²) in [5, 5.41) is 4.83. The zero-order chi connectivity index (χ0) is 18.4. The molecule has 1 aliphatic heterocycles. The van der Waals surface area contributed by atoms with E-state index >= 15 is 0 Å². The third-order valence-corrected chi connectivity index (χ3v) is 4.90. The Balaban J connectivity index is 2.13. The molecule has 2 rings (SSSR count). The molecule has 1 aromatic carbocycles. The Morgan fingerprint density at radius 1 is 1.08 bits per heavy atom. The Labute approximate surface area is 168 Å². The van der Waals surface area contributed by atoms with Crippen LogP contribution in [0, 0.1) is 0 Å². The minimum absolute atomic E-state index is 0.000587. The molecule has 1 aliphatic rings. The number of halogens is 2. The van der Waals surface area contributed by atoms with Gasteiger partial charge in [0, 0.05) is 0 Å². The first kappa shape index (κ1) is 20.1. The Hall–Kier alpha value is -1.25. The van der Waals surface area contributed by atoms with Crippen molar-refractivity contribution in [1.82, 2.24) is 10.6 Å². The van der Waals surface area contributed by atoms with Gasteiger partial charge in [0.15, 0.2) is 5.11 Å². The quantitative estimate of drug-likeness (QED) is 0.262. The van der Waals surface area contributed by atoms with Crippen LogP contribution < -0.4 is 15.4 Å². The minimum atomic E-state index is -0.516. The number of rotatable bonds is 7. The van der Waals surface area contributed by atoms with Gasteiger partial charge in [0.1, 0.15) is 11.3 Å². The molecule has 1 fully saturated rings. The number of hydrogen-bond acceptors (Lipinski definition) is 4. The van der Waals surface area contributed by atoms with Gasteiger partial charge < -0.3 is 4.74 Å². The predicted octanol–water partition coefficient (Wildman–Crippen LogP) is 4.09. The second kappa shape index (κ2) is 9.45. The molecule has 2 amide bonds. The van der Waals surface area contributed by atoms with Crippen molar-refractivity contribution >= 4 is 67.1 Å². The van der Waals surface area contributed by atoms with Crippen molar-refractivity contribution in [3.8, 4) is 5.75 Å². The molecule has 2 N–H and O–H groups in total. The summed E-state index contributed by atoms with van der Waals surface area (Å²) < 4.78 is 7.32. The number of ether oxygens (including phenoxy) is 1. The van der Waals surface area contributed by atoms with Crippen LogP contribution in [-0.4, -0.2) is 23.5 Å². The van der Waals surface area contributed by atoms with E-state index in [0.29, 0.717) is 17.9 Å². The van der Waals surface area contributed by atoms with Gasteiger partial charge in [-0.3, -0.25) is 20.2 Å². The van der Waals surface area contributed by atoms with Crippen LogP contribution >= 0.6 is 44.1 Å². The Kier molecular flexibility index (Phi) is 7.58. The highest BCUT2D eigenvalue weighted by Gasteiger charge is 2.25. The van der Waals surface area contributed by atoms with Crippen molar-refractivity contribution in [2.75, 3.05) is 6.61 Å². The maximum absolute atomic E-state index is 11.9. The van der Waals surface area contributed by atoms with Crippen LogP contribution in [0.25, 0.3) is 6.08 Å². The molecular formula is C17H18Br2N2O3S. The zero-order valence-electron chi connectivity index (χ0n) is 13.7. The number of nitrogens with one attached hydrogen (secondary N) is 2. The normalized spacial score (nSPS) is 14.2. The highest BCUT2D eigenvalue weighted by Crippen LogP contribution is 2.35.